The number of carbonyl (C=O) groups excluding carboxylic acids is 1. The van der Waals surface area contributed by atoms with E-state index in [2.05, 4.69) is 4.74 Å². The number of ether oxygens (including phenoxy) is 1. The van der Waals surface area contributed by atoms with Gasteiger partial charge in [-0.1, -0.05) is 0 Å². The van der Waals surface area contributed by atoms with Gasteiger partial charge in [0.25, 0.3) is 0 Å². The molecule has 0 rings (SSSR count). The van der Waals surface area contributed by atoms with Crippen molar-refractivity contribution in [3.63, 3.8) is 0 Å². The van der Waals surface area contributed by atoms with Gasteiger partial charge in [-0.2, -0.15) is 8.78 Å². The lowest BCUT2D eigenvalue weighted by atomic mass is 10.2. The highest BCUT2D eigenvalue weighted by atomic mass is 19.3. The van der Waals surface area contributed by atoms with Crippen LogP contribution in [0.4, 0.5) is 18.0 Å². The molecular formula is C7H12F3NO2. The van der Waals surface area contributed by atoms with Crippen LogP contribution in [0.1, 0.15) is 20.8 Å². The van der Waals surface area contributed by atoms with Crippen LogP contribution in [-0.2, 0) is 4.74 Å². The van der Waals surface area contributed by atoms with E-state index in [1.165, 1.54) is 20.8 Å². The van der Waals surface area contributed by atoms with Crippen LogP contribution in [0, 0.1) is 0 Å². The first-order valence-corrected chi connectivity index (χ1v) is 3.61. The Labute approximate surface area is 74.3 Å². The summed E-state index contributed by atoms with van der Waals surface area (Å²) in [6.07, 6.45) is -1.34. The van der Waals surface area contributed by atoms with Crippen LogP contribution in [0.5, 0.6) is 0 Å². The first-order valence-electron chi connectivity index (χ1n) is 3.61. The fourth-order valence-electron chi connectivity index (χ4n) is 0.486. The largest absolute Gasteiger partial charge is 0.444 e. The van der Waals surface area contributed by atoms with E-state index in [9.17, 15) is 18.0 Å². The monoisotopic (exact) mass is 199 g/mol. The first-order chi connectivity index (χ1) is 5.66. The maximum absolute atomic E-state index is 12.2. The van der Waals surface area contributed by atoms with Gasteiger partial charge in [-0.3, -0.25) is 5.32 Å². The highest BCUT2D eigenvalue weighted by Crippen LogP contribution is 2.12. The second kappa shape index (κ2) is 3.85. The highest BCUT2D eigenvalue weighted by Gasteiger charge is 2.33. The molecule has 3 nitrogen and oxygen atoms in total. The van der Waals surface area contributed by atoms with Gasteiger partial charge in [0.15, 0.2) is 6.67 Å². The fraction of sp³-hybridized carbons (Fsp3) is 0.857. The molecule has 0 bridgehead atoms. The van der Waals surface area contributed by atoms with E-state index < -0.39 is 24.4 Å². The molecule has 78 valence electrons. The third-order valence-electron chi connectivity index (χ3n) is 0.852. The molecule has 6 heteroatoms. The second-order valence-electron chi connectivity index (χ2n) is 3.46. The average molecular weight is 199 g/mol. The van der Waals surface area contributed by atoms with Crippen molar-refractivity contribution >= 4 is 6.09 Å². The minimum absolute atomic E-state index is 0.878. The SMILES string of the molecule is CC(C)(C)OC(=O)NC(F)(F)CF. The van der Waals surface area contributed by atoms with Gasteiger partial charge in [0.2, 0.25) is 0 Å². The van der Waals surface area contributed by atoms with Gasteiger partial charge < -0.3 is 4.74 Å². The molecule has 0 saturated heterocycles. The molecule has 0 atom stereocenters. The van der Waals surface area contributed by atoms with Crippen LogP contribution in [-0.4, -0.2) is 24.4 Å². The zero-order valence-electron chi connectivity index (χ0n) is 7.66. The van der Waals surface area contributed by atoms with Crippen molar-refractivity contribution in [1.82, 2.24) is 5.32 Å². The van der Waals surface area contributed by atoms with Gasteiger partial charge in [-0.05, 0) is 20.8 Å². The number of alkyl halides is 3. The Morgan fingerprint density at radius 2 is 1.85 bits per heavy atom. The molecule has 0 heterocycles. The lowest BCUT2D eigenvalue weighted by molar-refractivity contribution is -0.0592. The summed E-state index contributed by atoms with van der Waals surface area (Å²) in [6.45, 7) is 2.59. The van der Waals surface area contributed by atoms with Crippen molar-refractivity contribution in [2.75, 3.05) is 6.67 Å². The Hall–Kier alpha value is -0.940. The maximum Gasteiger partial charge on any atom is 0.412 e. The smallest absolute Gasteiger partial charge is 0.412 e. The van der Waals surface area contributed by atoms with Gasteiger partial charge >= 0.3 is 12.1 Å². The average Bonchev–Trinajstić information content (AvgIpc) is 1.81. The van der Waals surface area contributed by atoms with Crippen LogP contribution in [0.3, 0.4) is 0 Å². The Morgan fingerprint density at radius 1 is 1.38 bits per heavy atom. The summed E-state index contributed by atoms with van der Waals surface area (Å²) in [4.78, 5) is 10.7. The summed E-state index contributed by atoms with van der Waals surface area (Å²) in [5, 5.41) is 1.09. The zero-order chi connectivity index (χ0) is 10.7. The number of hydrogen-bond acceptors (Lipinski definition) is 2. The quantitative estimate of drug-likeness (QED) is 0.691. The molecule has 0 aliphatic rings. The Bertz CT molecular complexity index is 189. The van der Waals surface area contributed by atoms with E-state index in [4.69, 9.17) is 0 Å². The molecule has 0 radical (unpaired) electrons. The van der Waals surface area contributed by atoms with Crippen molar-refractivity contribution < 1.29 is 22.7 Å². The molecule has 1 amide bonds. The van der Waals surface area contributed by atoms with Crippen LogP contribution in [0.25, 0.3) is 0 Å². The van der Waals surface area contributed by atoms with E-state index in [0.717, 1.165) is 5.32 Å². The maximum atomic E-state index is 12.2. The van der Waals surface area contributed by atoms with Crippen molar-refractivity contribution in [3.05, 3.63) is 0 Å². The fourth-order valence-corrected chi connectivity index (χ4v) is 0.486. The molecule has 1 N–H and O–H groups in total. The van der Waals surface area contributed by atoms with E-state index in [1.807, 2.05) is 0 Å². The lowest BCUT2D eigenvalue weighted by Gasteiger charge is -2.21. The molecule has 0 saturated carbocycles. The Kier molecular flexibility index (Phi) is 3.57. The van der Waals surface area contributed by atoms with Crippen LogP contribution in [0.15, 0.2) is 0 Å². The summed E-state index contributed by atoms with van der Waals surface area (Å²) in [6, 6.07) is -3.86. The van der Waals surface area contributed by atoms with Crippen molar-refractivity contribution in [2.24, 2.45) is 0 Å². The summed E-state index contributed by atoms with van der Waals surface area (Å²) >= 11 is 0. The van der Waals surface area contributed by atoms with Crippen LogP contribution >= 0.6 is 0 Å². The van der Waals surface area contributed by atoms with E-state index >= 15 is 0 Å². The normalized spacial score (nSPS) is 12.5. The van der Waals surface area contributed by atoms with Crippen molar-refractivity contribution in [3.8, 4) is 0 Å². The Morgan fingerprint density at radius 3 is 2.15 bits per heavy atom. The summed E-state index contributed by atoms with van der Waals surface area (Å²) in [7, 11) is 0. The van der Waals surface area contributed by atoms with E-state index in [1.54, 1.807) is 0 Å². The minimum Gasteiger partial charge on any atom is -0.444 e. The summed E-state index contributed by atoms with van der Waals surface area (Å²) in [5.74, 6) is 0. The number of rotatable bonds is 2. The zero-order valence-corrected chi connectivity index (χ0v) is 7.66. The van der Waals surface area contributed by atoms with Crippen molar-refractivity contribution in [1.29, 1.82) is 0 Å². The number of halogens is 3. The third kappa shape index (κ3) is 6.24. The number of alkyl carbamates (subject to hydrolysis) is 1. The van der Waals surface area contributed by atoms with Crippen molar-refractivity contribution in [2.45, 2.75) is 32.4 Å². The number of hydrogen-bond donors (Lipinski definition) is 1. The Balaban J connectivity index is 4.03. The minimum atomic E-state index is -3.86. The molecule has 13 heavy (non-hydrogen) atoms. The molecule has 0 aliphatic carbocycles. The lowest BCUT2D eigenvalue weighted by Crippen LogP contribution is -2.45. The number of carbonyl (C=O) groups is 1. The predicted molar refractivity (Wildman–Crippen MR) is 40.3 cm³/mol. The molecule has 0 aromatic rings. The van der Waals surface area contributed by atoms with E-state index in [0.29, 0.717) is 0 Å². The predicted octanol–water partition coefficient (Wildman–Crippen LogP) is 2.07. The standard InChI is InChI=1S/C7H12F3NO2/c1-6(2,3)13-5(12)11-7(9,10)4-8/h4H2,1-3H3,(H,11,12). The van der Waals surface area contributed by atoms with Gasteiger partial charge in [0, 0.05) is 0 Å². The number of nitrogens with one attached hydrogen (secondary N) is 1. The summed E-state index contributed by atoms with van der Waals surface area (Å²) in [5.41, 5.74) is -0.878. The number of amides is 1. The molecular weight excluding hydrogens is 187 g/mol. The van der Waals surface area contributed by atoms with Gasteiger partial charge in [0.05, 0.1) is 0 Å². The third-order valence-corrected chi connectivity index (χ3v) is 0.852. The molecule has 0 aromatic carbocycles. The highest BCUT2D eigenvalue weighted by molar-refractivity contribution is 5.68. The van der Waals surface area contributed by atoms with E-state index in [-0.39, 0.29) is 0 Å². The van der Waals surface area contributed by atoms with Gasteiger partial charge in [-0.15, -0.1) is 0 Å². The summed E-state index contributed by atoms with van der Waals surface area (Å²) < 4.78 is 40.4. The molecule has 0 spiro atoms. The second-order valence-corrected chi connectivity index (χ2v) is 3.46. The molecule has 0 fully saturated rings. The van der Waals surface area contributed by atoms with Crippen LogP contribution in [0.2, 0.25) is 0 Å². The molecule has 0 aliphatic heterocycles. The molecule has 0 unspecified atom stereocenters. The molecule has 0 aromatic heterocycles. The first kappa shape index (κ1) is 12.1. The van der Waals surface area contributed by atoms with Gasteiger partial charge in [0.1, 0.15) is 5.60 Å². The topological polar surface area (TPSA) is 38.3 Å². The van der Waals surface area contributed by atoms with Crippen LogP contribution < -0.4 is 5.32 Å². The van der Waals surface area contributed by atoms with Gasteiger partial charge in [-0.25, -0.2) is 9.18 Å².